The molecule has 36 heavy (non-hydrogen) atoms. The first kappa shape index (κ1) is 25.3. The van der Waals surface area contributed by atoms with Gasteiger partial charge < -0.3 is 10.5 Å². The molecule has 0 aliphatic heterocycles. The maximum atomic E-state index is 13.5. The number of imide groups is 1. The van der Waals surface area contributed by atoms with Crippen molar-refractivity contribution >= 4 is 40.2 Å². The van der Waals surface area contributed by atoms with Crippen LogP contribution in [0.1, 0.15) is 32.0 Å². The molecule has 2 aromatic carbocycles. The van der Waals surface area contributed by atoms with Crippen LogP contribution in [0.25, 0.3) is 22.0 Å². The van der Waals surface area contributed by atoms with Gasteiger partial charge in [0.2, 0.25) is 0 Å². The second-order valence-electron chi connectivity index (χ2n) is 9.55. The standard InChI is InChI=1S/C27H28ClN5O3/c1-16-20-13-18(10-11-23(20)32-31-16)21-14-19(15-30-24(21)28)33(26(35)36-27(2,3)4)25(34)22(29)12-17-8-6-5-7-9-17/h5-11,13-15,22H,12,29H2,1-4H3,(H,31,32)/t22-/m0/s1. The number of halogens is 1. The van der Waals surface area contributed by atoms with Crippen molar-refractivity contribution in [2.45, 2.75) is 45.8 Å². The van der Waals surface area contributed by atoms with Crippen LogP contribution < -0.4 is 10.6 Å². The molecule has 8 nitrogen and oxygen atoms in total. The molecule has 2 aromatic heterocycles. The van der Waals surface area contributed by atoms with Gasteiger partial charge in [-0.05, 0) is 63.4 Å². The molecule has 1 atom stereocenters. The molecule has 0 bridgehead atoms. The van der Waals surface area contributed by atoms with Gasteiger partial charge in [-0.3, -0.25) is 9.89 Å². The topological polar surface area (TPSA) is 114 Å². The number of hydrogen-bond acceptors (Lipinski definition) is 6. The summed E-state index contributed by atoms with van der Waals surface area (Å²) in [5.74, 6) is -0.607. The third kappa shape index (κ3) is 5.56. The molecule has 4 aromatic rings. The molecule has 0 fully saturated rings. The molecular formula is C27H28ClN5O3. The van der Waals surface area contributed by atoms with Crippen LogP contribution in [0.15, 0.2) is 60.8 Å². The van der Waals surface area contributed by atoms with Crippen molar-refractivity contribution in [3.05, 3.63) is 77.2 Å². The van der Waals surface area contributed by atoms with E-state index in [4.69, 9.17) is 22.1 Å². The molecule has 0 unspecified atom stereocenters. The highest BCUT2D eigenvalue weighted by Gasteiger charge is 2.33. The lowest BCUT2D eigenvalue weighted by molar-refractivity contribution is -0.119. The summed E-state index contributed by atoms with van der Waals surface area (Å²) in [5, 5.41) is 8.36. The molecule has 2 amide bonds. The van der Waals surface area contributed by atoms with Crippen LogP contribution in [0, 0.1) is 6.92 Å². The van der Waals surface area contributed by atoms with E-state index in [9.17, 15) is 9.59 Å². The lowest BCUT2D eigenvalue weighted by atomic mass is 10.0. The van der Waals surface area contributed by atoms with Crippen molar-refractivity contribution in [1.29, 1.82) is 0 Å². The summed E-state index contributed by atoms with van der Waals surface area (Å²) in [5.41, 5.74) is 9.57. The van der Waals surface area contributed by atoms with E-state index < -0.39 is 23.6 Å². The fourth-order valence-corrected chi connectivity index (χ4v) is 4.04. The van der Waals surface area contributed by atoms with E-state index >= 15 is 0 Å². The second-order valence-corrected chi connectivity index (χ2v) is 9.91. The summed E-state index contributed by atoms with van der Waals surface area (Å²) in [7, 11) is 0. The molecule has 4 rings (SSSR count). The third-order valence-corrected chi connectivity index (χ3v) is 5.86. The Morgan fingerprint density at radius 3 is 2.56 bits per heavy atom. The summed E-state index contributed by atoms with van der Waals surface area (Å²) < 4.78 is 5.55. The normalized spacial score (nSPS) is 12.4. The molecule has 0 radical (unpaired) electrons. The zero-order chi connectivity index (χ0) is 26.0. The smallest absolute Gasteiger partial charge is 0.421 e. The van der Waals surface area contributed by atoms with Gasteiger partial charge in [-0.2, -0.15) is 5.10 Å². The number of aromatic amines is 1. The Labute approximate surface area is 214 Å². The van der Waals surface area contributed by atoms with Gasteiger partial charge in [0.25, 0.3) is 5.91 Å². The average molecular weight is 506 g/mol. The molecule has 0 saturated heterocycles. The van der Waals surface area contributed by atoms with Crippen molar-refractivity contribution in [1.82, 2.24) is 15.2 Å². The van der Waals surface area contributed by atoms with Gasteiger partial charge in [-0.25, -0.2) is 14.7 Å². The van der Waals surface area contributed by atoms with Crippen molar-refractivity contribution in [2.75, 3.05) is 4.90 Å². The van der Waals surface area contributed by atoms with Crippen LogP contribution in [-0.2, 0) is 16.0 Å². The van der Waals surface area contributed by atoms with Gasteiger partial charge in [0, 0.05) is 10.9 Å². The highest BCUT2D eigenvalue weighted by molar-refractivity contribution is 6.32. The number of ether oxygens (including phenoxy) is 1. The number of fused-ring (bicyclic) bond motifs is 1. The van der Waals surface area contributed by atoms with Gasteiger partial charge in [0.1, 0.15) is 10.8 Å². The van der Waals surface area contributed by atoms with Crippen LogP contribution in [0.3, 0.4) is 0 Å². The number of hydrogen-bond donors (Lipinski definition) is 2. The first-order chi connectivity index (χ1) is 17.0. The minimum absolute atomic E-state index is 0.209. The predicted molar refractivity (Wildman–Crippen MR) is 141 cm³/mol. The van der Waals surface area contributed by atoms with Crippen LogP contribution in [0.4, 0.5) is 10.5 Å². The van der Waals surface area contributed by atoms with Gasteiger partial charge >= 0.3 is 6.09 Å². The molecule has 0 aliphatic carbocycles. The minimum atomic E-state index is -0.982. The maximum absolute atomic E-state index is 13.5. The number of aryl methyl sites for hydroxylation is 1. The van der Waals surface area contributed by atoms with Crippen molar-refractivity contribution < 1.29 is 14.3 Å². The summed E-state index contributed by atoms with van der Waals surface area (Å²) in [6, 6.07) is 15.7. The van der Waals surface area contributed by atoms with Gasteiger partial charge in [0.05, 0.1) is 29.1 Å². The van der Waals surface area contributed by atoms with E-state index in [-0.39, 0.29) is 17.3 Å². The predicted octanol–water partition coefficient (Wildman–Crippen LogP) is 5.42. The number of pyridine rings is 1. The van der Waals surface area contributed by atoms with Crippen LogP contribution >= 0.6 is 11.6 Å². The Morgan fingerprint density at radius 2 is 1.86 bits per heavy atom. The van der Waals surface area contributed by atoms with E-state index in [0.717, 1.165) is 32.6 Å². The number of benzene rings is 2. The fourth-order valence-electron chi connectivity index (χ4n) is 3.83. The lowest BCUT2D eigenvalue weighted by Crippen LogP contribution is -2.49. The van der Waals surface area contributed by atoms with Crippen LogP contribution in [0.2, 0.25) is 5.15 Å². The lowest BCUT2D eigenvalue weighted by Gasteiger charge is -2.28. The first-order valence-corrected chi connectivity index (χ1v) is 11.9. The number of nitrogens with zero attached hydrogens (tertiary/aromatic N) is 3. The summed E-state index contributed by atoms with van der Waals surface area (Å²) in [6.07, 6.45) is 0.778. The summed E-state index contributed by atoms with van der Waals surface area (Å²) in [4.78, 5) is 32.0. The SMILES string of the molecule is Cc1n[nH]c2ccc(-c3cc(N(C(=O)OC(C)(C)C)C(=O)[C@@H](N)Cc4ccccc4)cnc3Cl)cc12. The zero-order valence-corrected chi connectivity index (χ0v) is 21.3. The average Bonchev–Trinajstić information content (AvgIpc) is 3.19. The van der Waals surface area contributed by atoms with Crippen LogP contribution in [-0.4, -0.2) is 38.8 Å². The molecule has 0 saturated carbocycles. The molecule has 9 heteroatoms. The van der Waals surface area contributed by atoms with E-state index in [0.29, 0.717) is 5.56 Å². The number of carbonyl (C=O) groups is 2. The van der Waals surface area contributed by atoms with E-state index in [1.807, 2.05) is 55.5 Å². The first-order valence-electron chi connectivity index (χ1n) is 11.5. The number of rotatable bonds is 5. The number of nitrogens with two attached hydrogens (primary N) is 1. The molecule has 0 aliphatic rings. The largest absolute Gasteiger partial charge is 0.443 e. The van der Waals surface area contributed by atoms with E-state index in [1.54, 1.807) is 26.8 Å². The quantitative estimate of drug-likeness (QED) is 0.350. The molecular weight excluding hydrogens is 478 g/mol. The molecule has 186 valence electrons. The highest BCUT2D eigenvalue weighted by atomic mass is 35.5. The highest BCUT2D eigenvalue weighted by Crippen LogP contribution is 2.33. The summed E-state index contributed by atoms with van der Waals surface area (Å²) in [6.45, 7) is 7.08. The number of aromatic nitrogens is 3. The molecule has 2 heterocycles. The second kappa shape index (κ2) is 10.1. The van der Waals surface area contributed by atoms with E-state index in [1.165, 1.54) is 6.20 Å². The Kier molecular flexibility index (Phi) is 7.10. The van der Waals surface area contributed by atoms with Gasteiger partial charge in [-0.1, -0.05) is 48.0 Å². The third-order valence-electron chi connectivity index (χ3n) is 5.56. The molecule has 0 spiro atoms. The van der Waals surface area contributed by atoms with Crippen molar-refractivity contribution in [2.24, 2.45) is 5.73 Å². The molecule has 3 N–H and O–H groups in total. The van der Waals surface area contributed by atoms with Gasteiger partial charge in [-0.15, -0.1) is 0 Å². The van der Waals surface area contributed by atoms with Gasteiger partial charge in [0.15, 0.2) is 0 Å². The minimum Gasteiger partial charge on any atom is -0.443 e. The van der Waals surface area contributed by atoms with Crippen molar-refractivity contribution in [3.8, 4) is 11.1 Å². The Bertz CT molecular complexity index is 1410. The Balaban J connectivity index is 1.74. The number of nitrogens with one attached hydrogen (secondary N) is 1. The Morgan fingerprint density at radius 1 is 1.14 bits per heavy atom. The van der Waals surface area contributed by atoms with Crippen LogP contribution in [0.5, 0.6) is 0 Å². The number of anilines is 1. The van der Waals surface area contributed by atoms with E-state index in [2.05, 4.69) is 15.2 Å². The number of H-pyrrole nitrogens is 1. The van der Waals surface area contributed by atoms with Crippen molar-refractivity contribution in [3.63, 3.8) is 0 Å². The number of carbonyl (C=O) groups excluding carboxylic acids is 2. The monoisotopic (exact) mass is 505 g/mol. The zero-order valence-electron chi connectivity index (χ0n) is 20.6. The fraction of sp³-hybridized carbons (Fsp3) is 0.259. The summed E-state index contributed by atoms with van der Waals surface area (Å²) >= 11 is 6.46. The Hall–Kier alpha value is -3.75. The number of amides is 2. The maximum Gasteiger partial charge on any atom is 0.421 e.